The molecule has 1 amide bonds. The fraction of sp³-hybridized carbons (Fsp3) is 0.348. The number of amides is 1. The van der Waals surface area contributed by atoms with Gasteiger partial charge in [0.2, 0.25) is 0 Å². The second kappa shape index (κ2) is 6.99. The van der Waals surface area contributed by atoms with E-state index in [4.69, 9.17) is 8.83 Å². The van der Waals surface area contributed by atoms with Gasteiger partial charge in [-0.15, -0.1) is 0 Å². The summed E-state index contributed by atoms with van der Waals surface area (Å²) >= 11 is 0. The van der Waals surface area contributed by atoms with Gasteiger partial charge >= 0.3 is 0 Å². The molecule has 0 aliphatic carbocycles. The van der Waals surface area contributed by atoms with Crippen LogP contribution in [0.2, 0.25) is 0 Å². The van der Waals surface area contributed by atoms with Crippen LogP contribution < -0.4 is 5.32 Å². The second-order valence-corrected chi connectivity index (χ2v) is 7.87. The quantitative estimate of drug-likeness (QED) is 0.732. The van der Waals surface area contributed by atoms with E-state index in [-0.39, 0.29) is 11.9 Å². The number of hydrogen-bond acceptors (Lipinski definition) is 4. The van der Waals surface area contributed by atoms with Gasteiger partial charge < -0.3 is 14.2 Å². The molecule has 2 aromatic heterocycles. The molecule has 3 fully saturated rings. The van der Waals surface area contributed by atoms with Crippen molar-refractivity contribution in [2.24, 2.45) is 5.92 Å². The summed E-state index contributed by atoms with van der Waals surface area (Å²) in [4.78, 5) is 15.3. The van der Waals surface area contributed by atoms with Crippen molar-refractivity contribution in [3.05, 3.63) is 60.8 Å². The number of carbonyl (C=O) groups is 1. The van der Waals surface area contributed by atoms with Crippen LogP contribution in [0.1, 0.15) is 30.3 Å². The van der Waals surface area contributed by atoms with Crippen LogP contribution in [0.5, 0.6) is 0 Å². The van der Waals surface area contributed by atoms with E-state index in [0.29, 0.717) is 23.5 Å². The number of furan rings is 2. The van der Waals surface area contributed by atoms with E-state index in [2.05, 4.69) is 17.1 Å². The number of hydrogen-bond donors (Lipinski definition) is 1. The summed E-state index contributed by atoms with van der Waals surface area (Å²) in [5.74, 6) is 1.51. The average Bonchev–Trinajstić information content (AvgIpc) is 3.43. The van der Waals surface area contributed by atoms with Gasteiger partial charge in [-0.25, -0.2) is 0 Å². The molecule has 3 aromatic rings. The molecule has 6 rings (SSSR count). The van der Waals surface area contributed by atoms with Crippen molar-refractivity contribution in [3.63, 3.8) is 0 Å². The Morgan fingerprint density at radius 3 is 2.64 bits per heavy atom. The van der Waals surface area contributed by atoms with Crippen molar-refractivity contribution in [3.8, 4) is 22.5 Å². The molecule has 144 valence electrons. The molecular weight excluding hydrogens is 352 g/mol. The van der Waals surface area contributed by atoms with Gasteiger partial charge in [-0.1, -0.05) is 18.2 Å². The zero-order valence-electron chi connectivity index (χ0n) is 15.9. The molecule has 2 bridgehead atoms. The Morgan fingerprint density at radius 1 is 1.07 bits per heavy atom. The zero-order valence-corrected chi connectivity index (χ0v) is 15.9. The van der Waals surface area contributed by atoms with Crippen LogP contribution in [0.15, 0.2) is 63.8 Å². The molecule has 3 aliphatic rings. The highest BCUT2D eigenvalue weighted by molar-refractivity contribution is 5.92. The molecule has 5 heteroatoms. The molecule has 0 saturated carbocycles. The molecule has 0 unspecified atom stereocenters. The van der Waals surface area contributed by atoms with Crippen molar-refractivity contribution >= 4 is 5.91 Å². The van der Waals surface area contributed by atoms with Crippen molar-refractivity contribution in [2.45, 2.75) is 31.8 Å². The number of nitrogens with one attached hydrogen (secondary N) is 1. The van der Waals surface area contributed by atoms with Crippen LogP contribution >= 0.6 is 0 Å². The maximum atomic E-state index is 12.8. The number of fused-ring (bicyclic) bond motifs is 3. The fourth-order valence-electron chi connectivity index (χ4n) is 4.66. The van der Waals surface area contributed by atoms with Crippen LogP contribution in [0, 0.1) is 5.92 Å². The van der Waals surface area contributed by atoms with E-state index in [1.165, 1.54) is 12.8 Å². The van der Waals surface area contributed by atoms with Crippen molar-refractivity contribution in [1.82, 2.24) is 10.2 Å². The first-order chi connectivity index (χ1) is 13.7. The minimum atomic E-state index is -0.122. The molecule has 1 aromatic carbocycles. The van der Waals surface area contributed by atoms with E-state index in [1.807, 2.05) is 36.4 Å². The van der Waals surface area contributed by atoms with Gasteiger partial charge in [0.25, 0.3) is 5.91 Å². The van der Waals surface area contributed by atoms with Crippen molar-refractivity contribution in [2.75, 3.05) is 13.1 Å². The normalized spacial score (nSPS) is 26.3. The number of rotatable bonds is 4. The van der Waals surface area contributed by atoms with E-state index in [0.717, 1.165) is 29.8 Å². The van der Waals surface area contributed by atoms with Gasteiger partial charge in [0.1, 0.15) is 5.76 Å². The lowest BCUT2D eigenvalue weighted by molar-refractivity contribution is 0.0211. The molecule has 2 atom stereocenters. The highest BCUT2D eigenvalue weighted by atomic mass is 16.4. The maximum absolute atomic E-state index is 12.8. The standard InChI is InChI=1S/C23H24N2O3/c1-15-22(16-7-10-25(15)11-8-16)24-23(26)21-6-5-20(28-21)18-4-2-3-17(13-18)19-9-12-27-14-19/h2-6,9,12-16,22H,7-8,10-11H2,1H3,(H,24,26)/t15-,22-/m0/s1. The Kier molecular flexibility index (Phi) is 4.32. The summed E-state index contributed by atoms with van der Waals surface area (Å²) in [6.45, 7) is 4.51. The van der Waals surface area contributed by atoms with Gasteiger partial charge in [0, 0.05) is 23.2 Å². The third-order valence-electron chi connectivity index (χ3n) is 6.31. The monoisotopic (exact) mass is 376 g/mol. The molecule has 5 nitrogen and oxygen atoms in total. The second-order valence-electron chi connectivity index (χ2n) is 7.87. The predicted molar refractivity (Wildman–Crippen MR) is 107 cm³/mol. The molecule has 5 heterocycles. The van der Waals surface area contributed by atoms with Gasteiger partial charge in [-0.2, -0.15) is 0 Å². The van der Waals surface area contributed by atoms with Crippen LogP contribution in [0.25, 0.3) is 22.5 Å². The van der Waals surface area contributed by atoms with Crippen LogP contribution in [0.4, 0.5) is 0 Å². The third kappa shape index (κ3) is 3.06. The average molecular weight is 376 g/mol. The van der Waals surface area contributed by atoms with E-state index >= 15 is 0 Å². The van der Waals surface area contributed by atoms with Gasteiger partial charge in [0.15, 0.2) is 5.76 Å². The van der Waals surface area contributed by atoms with E-state index in [1.54, 1.807) is 18.6 Å². The van der Waals surface area contributed by atoms with E-state index < -0.39 is 0 Å². The van der Waals surface area contributed by atoms with Gasteiger partial charge in [0.05, 0.1) is 12.5 Å². The lowest BCUT2D eigenvalue weighted by Crippen LogP contribution is -2.62. The van der Waals surface area contributed by atoms with E-state index in [9.17, 15) is 4.79 Å². The number of nitrogens with zero attached hydrogens (tertiary/aromatic N) is 1. The number of carbonyl (C=O) groups excluding carboxylic acids is 1. The summed E-state index contributed by atoms with van der Waals surface area (Å²) in [6, 6.07) is 14.2. The van der Waals surface area contributed by atoms with Crippen LogP contribution in [-0.2, 0) is 0 Å². The molecular formula is C23H24N2O3. The topological polar surface area (TPSA) is 58.6 Å². The lowest BCUT2D eigenvalue weighted by atomic mass is 9.79. The summed E-state index contributed by atoms with van der Waals surface area (Å²) in [6.07, 6.45) is 5.71. The first-order valence-electron chi connectivity index (χ1n) is 9.97. The van der Waals surface area contributed by atoms with Crippen LogP contribution in [-0.4, -0.2) is 36.0 Å². The Bertz CT molecular complexity index is 965. The zero-order chi connectivity index (χ0) is 19.1. The maximum Gasteiger partial charge on any atom is 0.287 e. The molecule has 0 radical (unpaired) electrons. The fourth-order valence-corrected chi connectivity index (χ4v) is 4.66. The minimum Gasteiger partial charge on any atom is -0.472 e. The summed E-state index contributed by atoms with van der Waals surface area (Å²) in [5, 5.41) is 3.23. The Hall–Kier alpha value is -2.79. The predicted octanol–water partition coefficient (Wildman–Crippen LogP) is 4.42. The first-order valence-corrected chi connectivity index (χ1v) is 9.97. The number of piperidine rings is 3. The highest BCUT2D eigenvalue weighted by Crippen LogP contribution is 2.33. The molecule has 3 aliphatic heterocycles. The molecule has 1 N–H and O–H groups in total. The number of benzene rings is 1. The summed E-state index contributed by atoms with van der Waals surface area (Å²) < 4.78 is 11.1. The van der Waals surface area contributed by atoms with Gasteiger partial charge in [-0.05, 0) is 68.6 Å². The van der Waals surface area contributed by atoms with Crippen molar-refractivity contribution < 1.29 is 13.6 Å². The third-order valence-corrected chi connectivity index (χ3v) is 6.31. The van der Waals surface area contributed by atoms with Crippen molar-refractivity contribution in [1.29, 1.82) is 0 Å². The molecule has 28 heavy (non-hydrogen) atoms. The smallest absolute Gasteiger partial charge is 0.287 e. The highest BCUT2D eigenvalue weighted by Gasteiger charge is 2.40. The summed E-state index contributed by atoms with van der Waals surface area (Å²) in [5.41, 5.74) is 3.01. The Labute approximate surface area is 164 Å². The minimum absolute atomic E-state index is 0.122. The first kappa shape index (κ1) is 17.3. The SMILES string of the molecule is C[C@H]1[C@H](NC(=O)c2ccc(-c3cccc(-c4ccoc4)c3)o2)C2CCN1CC2. The van der Waals surface area contributed by atoms with Crippen LogP contribution in [0.3, 0.4) is 0 Å². The molecule has 0 spiro atoms. The Balaban J connectivity index is 1.34. The molecule has 3 saturated heterocycles. The summed E-state index contributed by atoms with van der Waals surface area (Å²) in [7, 11) is 0. The van der Waals surface area contributed by atoms with Gasteiger partial charge in [-0.3, -0.25) is 9.69 Å². The Morgan fingerprint density at radius 2 is 1.89 bits per heavy atom. The lowest BCUT2D eigenvalue weighted by Gasteiger charge is -2.49. The largest absolute Gasteiger partial charge is 0.472 e.